The molecule has 1 saturated carbocycles. The Morgan fingerprint density at radius 1 is 1.50 bits per heavy atom. The van der Waals surface area contributed by atoms with Crippen LogP contribution in [0.3, 0.4) is 0 Å². The molecule has 3 nitrogen and oxygen atoms in total. The van der Waals surface area contributed by atoms with Crippen molar-refractivity contribution in [3.63, 3.8) is 0 Å². The summed E-state index contributed by atoms with van der Waals surface area (Å²) in [5.74, 6) is 0.719. The van der Waals surface area contributed by atoms with E-state index >= 15 is 0 Å². The predicted molar refractivity (Wildman–Crippen MR) is 67.0 cm³/mol. The molecule has 0 bridgehead atoms. The first kappa shape index (κ1) is 13.2. The third kappa shape index (κ3) is 3.34. The highest BCUT2D eigenvalue weighted by atomic mass is 16.2. The molecule has 0 heterocycles. The summed E-state index contributed by atoms with van der Waals surface area (Å²) in [5, 5.41) is 0. The van der Waals surface area contributed by atoms with Crippen LogP contribution in [0.15, 0.2) is 12.7 Å². The standard InChI is InChI=1S/C13H24N2O/c1-3-4-9-13(16)15(2)12-8-6-5-7-11(12)10-14/h3,11-12H,1,4-10,14H2,2H3. The minimum atomic E-state index is 0.227. The van der Waals surface area contributed by atoms with E-state index in [-0.39, 0.29) is 5.91 Å². The molecule has 1 aliphatic rings. The lowest BCUT2D eigenvalue weighted by molar-refractivity contribution is -0.133. The third-order valence-corrected chi connectivity index (χ3v) is 3.62. The minimum Gasteiger partial charge on any atom is -0.342 e. The highest BCUT2D eigenvalue weighted by molar-refractivity contribution is 5.76. The zero-order valence-electron chi connectivity index (χ0n) is 10.3. The van der Waals surface area contributed by atoms with Crippen molar-refractivity contribution in [2.45, 2.75) is 44.6 Å². The van der Waals surface area contributed by atoms with Crippen LogP contribution in [0.5, 0.6) is 0 Å². The molecule has 1 fully saturated rings. The van der Waals surface area contributed by atoms with Gasteiger partial charge in [-0.2, -0.15) is 0 Å². The van der Waals surface area contributed by atoms with Crippen molar-refractivity contribution < 1.29 is 4.79 Å². The number of amides is 1. The SMILES string of the molecule is C=CCCC(=O)N(C)C1CCCCC1CN. The molecular formula is C13H24N2O. The van der Waals surface area contributed by atoms with E-state index in [9.17, 15) is 4.79 Å². The first-order chi connectivity index (χ1) is 7.70. The van der Waals surface area contributed by atoms with Crippen LogP contribution in [0.1, 0.15) is 38.5 Å². The van der Waals surface area contributed by atoms with Gasteiger partial charge in [0.25, 0.3) is 0 Å². The van der Waals surface area contributed by atoms with E-state index in [0.717, 1.165) is 12.8 Å². The summed E-state index contributed by atoms with van der Waals surface area (Å²) in [6, 6.07) is 0.357. The molecule has 0 aliphatic heterocycles. The molecule has 0 aromatic heterocycles. The van der Waals surface area contributed by atoms with Crippen molar-refractivity contribution >= 4 is 5.91 Å². The van der Waals surface area contributed by atoms with Crippen molar-refractivity contribution in [2.24, 2.45) is 11.7 Å². The van der Waals surface area contributed by atoms with E-state index in [1.807, 2.05) is 11.9 Å². The Bertz CT molecular complexity index is 240. The fraction of sp³-hybridized carbons (Fsp3) is 0.769. The smallest absolute Gasteiger partial charge is 0.222 e. The zero-order valence-corrected chi connectivity index (χ0v) is 10.3. The fourth-order valence-corrected chi connectivity index (χ4v) is 2.56. The number of nitrogens with zero attached hydrogens (tertiary/aromatic N) is 1. The molecule has 0 radical (unpaired) electrons. The maximum absolute atomic E-state index is 11.9. The number of hydrogen-bond donors (Lipinski definition) is 1. The van der Waals surface area contributed by atoms with Crippen molar-refractivity contribution in [2.75, 3.05) is 13.6 Å². The van der Waals surface area contributed by atoms with Gasteiger partial charge in [-0.3, -0.25) is 4.79 Å². The van der Waals surface area contributed by atoms with Gasteiger partial charge < -0.3 is 10.6 Å². The van der Waals surface area contributed by atoms with Crippen LogP contribution in [-0.2, 0) is 4.79 Å². The molecule has 1 aliphatic carbocycles. The average Bonchev–Trinajstić information content (AvgIpc) is 2.34. The Balaban J connectivity index is 2.52. The molecule has 1 rings (SSSR count). The molecule has 0 aromatic rings. The summed E-state index contributed by atoms with van der Waals surface area (Å²) in [4.78, 5) is 13.8. The molecule has 92 valence electrons. The lowest BCUT2D eigenvalue weighted by atomic mass is 9.83. The normalized spacial score (nSPS) is 25.1. The number of nitrogens with two attached hydrogens (primary N) is 1. The Morgan fingerprint density at radius 3 is 2.81 bits per heavy atom. The van der Waals surface area contributed by atoms with E-state index < -0.39 is 0 Å². The van der Waals surface area contributed by atoms with E-state index in [0.29, 0.717) is 24.9 Å². The second kappa shape index (κ2) is 6.69. The summed E-state index contributed by atoms with van der Waals surface area (Å²) < 4.78 is 0. The van der Waals surface area contributed by atoms with Gasteiger partial charge >= 0.3 is 0 Å². The van der Waals surface area contributed by atoms with Crippen molar-refractivity contribution in [3.8, 4) is 0 Å². The molecule has 1 amide bonds. The minimum absolute atomic E-state index is 0.227. The lowest BCUT2D eigenvalue weighted by Gasteiger charge is -2.37. The molecule has 2 atom stereocenters. The predicted octanol–water partition coefficient (Wildman–Crippen LogP) is 1.93. The summed E-state index contributed by atoms with van der Waals surface area (Å²) in [7, 11) is 1.92. The summed E-state index contributed by atoms with van der Waals surface area (Å²) in [5.41, 5.74) is 5.78. The number of rotatable bonds is 5. The molecular weight excluding hydrogens is 200 g/mol. The molecule has 0 aromatic carbocycles. The molecule has 3 heteroatoms. The van der Waals surface area contributed by atoms with Gasteiger partial charge in [-0.05, 0) is 31.7 Å². The Kier molecular flexibility index (Phi) is 5.53. The van der Waals surface area contributed by atoms with Crippen molar-refractivity contribution in [3.05, 3.63) is 12.7 Å². The van der Waals surface area contributed by atoms with E-state index in [1.165, 1.54) is 19.3 Å². The van der Waals surface area contributed by atoms with Gasteiger partial charge in [-0.15, -0.1) is 6.58 Å². The second-order valence-corrected chi connectivity index (χ2v) is 4.68. The van der Waals surface area contributed by atoms with Gasteiger partial charge in [0.1, 0.15) is 0 Å². The Morgan fingerprint density at radius 2 is 2.19 bits per heavy atom. The van der Waals surface area contributed by atoms with Crippen molar-refractivity contribution in [1.82, 2.24) is 4.90 Å². The quantitative estimate of drug-likeness (QED) is 0.725. The summed E-state index contributed by atoms with van der Waals surface area (Å²) >= 11 is 0. The fourth-order valence-electron chi connectivity index (χ4n) is 2.56. The van der Waals surface area contributed by atoms with Gasteiger partial charge in [-0.25, -0.2) is 0 Å². The van der Waals surface area contributed by atoms with Crippen LogP contribution in [0, 0.1) is 5.92 Å². The van der Waals surface area contributed by atoms with Gasteiger partial charge in [0.15, 0.2) is 0 Å². The molecule has 16 heavy (non-hydrogen) atoms. The van der Waals surface area contributed by atoms with Crippen molar-refractivity contribution in [1.29, 1.82) is 0 Å². The van der Waals surface area contributed by atoms with Crippen LogP contribution in [-0.4, -0.2) is 30.4 Å². The maximum Gasteiger partial charge on any atom is 0.222 e. The third-order valence-electron chi connectivity index (χ3n) is 3.62. The number of carbonyl (C=O) groups is 1. The van der Waals surface area contributed by atoms with E-state index in [1.54, 1.807) is 6.08 Å². The number of hydrogen-bond acceptors (Lipinski definition) is 2. The first-order valence-electron chi connectivity index (χ1n) is 6.27. The van der Waals surface area contributed by atoms with Crippen LogP contribution < -0.4 is 5.73 Å². The van der Waals surface area contributed by atoms with Crippen LogP contribution in [0.2, 0.25) is 0 Å². The van der Waals surface area contributed by atoms with Crippen LogP contribution >= 0.6 is 0 Å². The largest absolute Gasteiger partial charge is 0.342 e. The Labute approximate surface area is 98.7 Å². The molecule has 0 spiro atoms. The van der Waals surface area contributed by atoms with E-state index in [4.69, 9.17) is 5.73 Å². The highest BCUT2D eigenvalue weighted by Gasteiger charge is 2.29. The second-order valence-electron chi connectivity index (χ2n) is 4.68. The Hall–Kier alpha value is -0.830. The zero-order chi connectivity index (χ0) is 12.0. The van der Waals surface area contributed by atoms with E-state index in [2.05, 4.69) is 6.58 Å². The number of carbonyl (C=O) groups excluding carboxylic acids is 1. The monoisotopic (exact) mass is 224 g/mol. The summed E-state index contributed by atoms with van der Waals surface area (Å²) in [6.07, 6.45) is 7.90. The summed E-state index contributed by atoms with van der Waals surface area (Å²) in [6.45, 7) is 4.34. The van der Waals surface area contributed by atoms with Crippen LogP contribution in [0.4, 0.5) is 0 Å². The average molecular weight is 224 g/mol. The van der Waals surface area contributed by atoms with Crippen LogP contribution in [0.25, 0.3) is 0 Å². The van der Waals surface area contributed by atoms with Gasteiger partial charge in [0.2, 0.25) is 5.91 Å². The molecule has 2 N–H and O–H groups in total. The maximum atomic E-state index is 11.9. The van der Waals surface area contributed by atoms with Gasteiger partial charge in [0.05, 0.1) is 0 Å². The topological polar surface area (TPSA) is 46.3 Å². The van der Waals surface area contributed by atoms with Gasteiger partial charge in [-0.1, -0.05) is 18.9 Å². The molecule has 2 unspecified atom stereocenters. The molecule has 0 saturated heterocycles. The lowest BCUT2D eigenvalue weighted by Crippen LogP contribution is -2.45. The van der Waals surface area contributed by atoms with Gasteiger partial charge in [0, 0.05) is 19.5 Å². The highest BCUT2D eigenvalue weighted by Crippen LogP contribution is 2.27. The number of allylic oxidation sites excluding steroid dienone is 1. The first-order valence-corrected chi connectivity index (χ1v) is 6.27.